The van der Waals surface area contributed by atoms with Crippen LogP contribution in [0, 0.1) is 0 Å². The number of rotatable bonds is 4. The van der Waals surface area contributed by atoms with Crippen LogP contribution in [-0.2, 0) is 6.42 Å². The Morgan fingerprint density at radius 1 is 0.566 bits per heavy atom. The third kappa shape index (κ3) is 4.92. The Morgan fingerprint density at radius 2 is 1.26 bits per heavy atom. The summed E-state index contributed by atoms with van der Waals surface area (Å²) in [7, 11) is 0. The normalized spacial score (nSPS) is 15.5. The zero-order valence-electron chi connectivity index (χ0n) is 29.1. The van der Waals surface area contributed by atoms with Crippen molar-refractivity contribution >= 4 is 71.7 Å². The van der Waals surface area contributed by atoms with Gasteiger partial charge in [-0.05, 0) is 104 Å². The highest BCUT2D eigenvalue weighted by molar-refractivity contribution is 6.28. The topological polar surface area (TPSA) is 29.3 Å². The molecular weight excluding hydrogens is 643 g/mol. The molecule has 250 valence electrons. The molecule has 3 nitrogen and oxygen atoms in total. The van der Waals surface area contributed by atoms with Crippen LogP contribution in [0.3, 0.4) is 0 Å². The van der Waals surface area contributed by atoms with Crippen LogP contribution >= 0.6 is 0 Å². The highest BCUT2D eigenvalue weighted by Crippen LogP contribution is 2.41. The summed E-state index contributed by atoms with van der Waals surface area (Å²) >= 11 is 0. The molecule has 0 radical (unpaired) electrons. The molecule has 0 spiro atoms. The van der Waals surface area contributed by atoms with Crippen molar-refractivity contribution in [2.24, 2.45) is 4.99 Å². The molecule has 0 amide bonds. The van der Waals surface area contributed by atoms with Gasteiger partial charge in [0.2, 0.25) is 0 Å². The van der Waals surface area contributed by atoms with Gasteiger partial charge < -0.3 is 9.88 Å². The van der Waals surface area contributed by atoms with E-state index >= 15 is 0 Å². The van der Waals surface area contributed by atoms with Gasteiger partial charge >= 0.3 is 0 Å². The molecule has 1 N–H and O–H groups in total. The van der Waals surface area contributed by atoms with Gasteiger partial charge in [-0.1, -0.05) is 133 Å². The van der Waals surface area contributed by atoms with Crippen LogP contribution in [0.4, 0.5) is 0 Å². The van der Waals surface area contributed by atoms with Crippen molar-refractivity contribution in [2.45, 2.75) is 18.9 Å². The summed E-state index contributed by atoms with van der Waals surface area (Å²) in [4.78, 5) is 5.38. The van der Waals surface area contributed by atoms with Crippen LogP contribution in [0.1, 0.15) is 40.3 Å². The van der Waals surface area contributed by atoms with E-state index in [1.165, 1.54) is 70.8 Å². The fourth-order valence-corrected chi connectivity index (χ4v) is 8.64. The smallest absolute Gasteiger partial charge is 0.134 e. The highest BCUT2D eigenvalue weighted by Gasteiger charge is 2.22. The summed E-state index contributed by atoms with van der Waals surface area (Å²) < 4.78 is 2.44. The lowest BCUT2D eigenvalue weighted by Gasteiger charge is -2.25. The molecule has 53 heavy (non-hydrogen) atoms. The number of benzene rings is 8. The van der Waals surface area contributed by atoms with Crippen molar-refractivity contribution in [3.63, 3.8) is 0 Å². The van der Waals surface area contributed by atoms with Crippen LogP contribution < -0.4 is 5.32 Å². The van der Waals surface area contributed by atoms with Crippen LogP contribution in [0.25, 0.3) is 71.6 Å². The Labute approximate surface area is 307 Å². The quantitative estimate of drug-likeness (QED) is 0.197. The van der Waals surface area contributed by atoms with E-state index in [0.29, 0.717) is 0 Å². The van der Waals surface area contributed by atoms with Crippen LogP contribution in [0.5, 0.6) is 0 Å². The van der Waals surface area contributed by atoms with Gasteiger partial charge in [-0.3, -0.25) is 0 Å². The third-order valence-corrected chi connectivity index (χ3v) is 11.2. The van der Waals surface area contributed by atoms with Crippen molar-refractivity contribution in [2.75, 3.05) is 0 Å². The summed E-state index contributed by atoms with van der Waals surface area (Å²) in [6.45, 7) is 0. The molecule has 0 fully saturated rings. The molecule has 0 saturated heterocycles. The van der Waals surface area contributed by atoms with Gasteiger partial charge in [0.05, 0.1) is 22.8 Å². The van der Waals surface area contributed by atoms with Gasteiger partial charge in [-0.15, -0.1) is 0 Å². The van der Waals surface area contributed by atoms with Crippen LogP contribution in [-0.4, -0.2) is 10.4 Å². The Hall–Kier alpha value is -6.71. The maximum absolute atomic E-state index is 5.38. The molecule has 2 heterocycles. The first kappa shape index (κ1) is 30.0. The molecule has 9 aromatic rings. The highest BCUT2D eigenvalue weighted by atomic mass is 15.1. The summed E-state index contributed by atoms with van der Waals surface area (Å²) in [5, 5.41) is 14.0. The minimum atomic E-state index is -0.0485. The molecule has 0 bridgehead atoms. The number of amidine groups is 1. The number of hydrogen-bond acceptors (Lipinski definition) is 2. The minimum absolute atomic E-state index is 0.0485. The van der Waals surface area contributed by atoms with E-state index in [1.54, 1.807) is 0 Å². The third-order valence-electron chi connectivity index (χ3n) is 11.2. The maximum Gasteiger partial charge on any atom is 0.134 e. The Morgan fingerprint density at radius 3 is 2.04 bits per heavy atom. The monoisotopic (exact) mass is 677 g/mol. The van der Waals surface area contributed by atoms with E-state index in [9.17, 15) is 0 Å². The second-order valence-corrected chi connectivity index (χ2v) is 14.3. The summed E-state index contributed by atoms with van der Waals surface area (Å²) in [5.74, 6) is 0.872. The first-order chi connectivity index (χ1) is 26.2. The van der Waals surface area contributed by atoms with Gasteiger partial charge in [-0.2, -0.15) is 0 Å². The number of nitrogens with zero attached hydrogens (tertiary/aromatic N) is 2. The fourth-order valence-electron chi connectivity index (χ4n) is 8.64. The van der Waals surface area contributed by atoms with Crippen molar-refractivity contribution in [3.05, 3.63) is 198 Å². The lowest BCUT2D eigenvalue weighted by Crippen LogP contribution is -2.31. The standard InChI is InChI=1S/C50H35N3/c1-3-14-36-28-38(22-20-32(36)10-1)44-31-45(39-23-21-33-11-2-4-15-37(33)29-39)52-50(51-44)40-16-9-17-41(30-40)53-46-26-24-34-12-5-7-18-42(34)48(46)49-43-19-8-6-13-35(43)25-27-47(49)53/h1-3,5-14,16-31,44H,4,15H2,(H,51,52). The van der Waals surface area contributed by atoms with E-state index in [-0.39, 0.29) is 6.04 Å². The van der Waals surface area contributed by atoms with E-state index in [4.69, 9.17) is 4.99 Å². The second-order valence-electron chi connectivity index (χ2n) is 14.3. The van der Waals surface area contributed by atoms with Crippen molar-refractivity contribution in [1.82, 2.24) is 9.88 Å². The second kappa shape index (κ2) is 11.9. The molecule has 1 aliphatic heterocycles. The average molecular weight is 678 g/mol. The van der Waals surface area contributed by atoms with Gasteiger partial charge in [0, 0.05) is 27.6 Å². The van der Waals surface area contributed by atoms with Crippen LogP contribution in [0.2, 0.25) is 0 Å². The Bertz CT molecular complexity index is 2950. The number of aryl methyl sites for hydroxylation is 1. The van der Waals surface area contributed by atoms with Crippen molar-refractivity contribution in [3.8, 4) is 5.69 Å². The fraction of sp³-hybridized carbons (Fsp3) is 0.0600. The first-order valence-electron chi connectivity index (χ1n) is 18.6. The van der Waals surface area contributed by atoms with Crippen LogP contribution in [0.15, 0.2) is 175 Å². The lowest BCUT2D eigenvalue weighted by molar-refractivity contribution is 0.782. The van der Waals surface area contributed by atoms with Gasteiger partial charge in [0.15, 0.2) is 0 Å². The molecule has 2 aliphatic rings. The molecular formula is C50H35N3. The molecule has 1 unspecified atom stereocenters. The molecule has 8 aromatic carbocycles. The van der Waals surface area contributed by atoms with Gasteiger partial charge in [-0.25, -0.2) is 4.99 Å². The molecule has 1 aromatic heterocycles. The molecule has 1 aliphatic carbocycles. The van der Waals surface area contributed by atoms with E-state index < -0.39 is 0 Å². The largest absolute Gasteiger partial charge is 0.359 e. The minimum Gasteiger partial charge on any atom is -0.359 e. The van der Waals surface area contributed by atoms with Crippen molar-refractivity contribution < 1.29 is 0 Å². The molecule has 0 saturated carbocycles. The zero-order chi connectivity index (χ0) is 34.9. The van der Waals surface area contributed by atoms with Gasteiger partial charge in [0.25, 0.3) is 0 Å². The van der Waals surface area contributed by atoms with E-state index in [0.717, 1.165) is 41.2 Å². The predicted octanol–water partition coefficient (Wildman–Crippen LogP) is 12.3. The van der Waals surface area contributed by atoms with Gasteiger partial charge in [0.1, 0.15) is 5.84 Å². The molecule has 1 atom stereocenters. The molecule has 3 heteroatoms. The number of fused-ring (bicyclic) bond motifs is 9. The number of aromatic nitrogens is 1. The van der Waals surface area contributed by atoms with E-state index in [2.05, 4.69) is 186 Å². The summed E-state index contributed by atoms with van der Waals surface area (Å²) in [5.41, 5.74) is 10.6. The predicted molar refractivity (Wildman–Crippen MR) is 224 cm³/mol. The number of aliphatic imine (C=N–C) groups is 1. The SMILES string of the molecule is C1=Cc2ccc(C3=CC(c4ccc5ccccc5c4)NC(c4cccc(-n5c6ccc7ccccc7c6c6c7ccccc7ccc65)c4)=N3)cc2CC1. The van der Waals surface area contributed by atoms with Crippen molar-refractivity contribution in [1.29, 1.82) is 0 Å². The Kier molecular flexibility index (Phi) is 6.75. The maximum atomic E-state index is 5.38. The zero-order valence-corrected chi connectivity index (χ0v) is 29.1. The number of hydrogen-bond donors (Lipinski definition) is 1. The first-order valence-corrected chi connectivity index (χ1v) is 18.6. The average Bonchev–Trinajstić information content (AvgIpc) is 3.59. The molecule has 11 rings (SSSR count). The lowest BCUT2D eigenvalue weighted by atomic mass is 9.93. The number of nitrogens with one attached hydrogen (secondary N) is 1. The summed E-state index contributed by atoms with van der Waals surface area (Å²) in [6, 6.07) is 57.6. The number of allylic oxidation sites excluding steroid dienone is 1. The van der Waals surface area contributed by atoms with E-state index in [1.807, 2.05) is 0 Å². The summed E-state index contributed by atoms with van der Waals surface area (Å²) in [6.07, 6.45) is 8.94. The Balaban J connectivity index is 1.10.